The van der Waals surface area contributed by atoms with E-state index in [1.165, 1.54) is 12.1 Å². The molecule has 0 radical (unpaired) electrons. The predicted octanol–water partition coefficient (Wildman–Crippen LogP) is 2.43. The van der Waals surface area contributed by atoms with Crippen LogP contribution in [0.2, 0.25) is 0 Å². The Kier molecular flexibility index (Phi) is 3.97. The zero-order valence-electron chi connectivity index (χ0n) is 10.1. The molecule has 0 saturated heterocycles. The number of nitrogens with one attached hydrogen (secondary N) is 1. The average molecular weight is 260 g/mol. The van der Waals surface area contributed by atoms with Gasteiger partial charge in [-0.05, 0) is 24.3 Å². The van der Waals surface area contributed by atoms with Crippen LogP contribution in [0.15, 0.2) is 48.5 Å². The number of nitrogens with two attached hydrogens (primary N) is 1. The number of benzene rings is 2. The second-order valence-corrected chi connectivity index (χ2v) is 3.89. The normalized spacial score (nSPS) is 9.95. The van der Waals surface area contributed by atoms with Crippen molar-refractivity contribution in [2.45, 2.75) is 0 Å². The number of amides is 1. The molecule has 4 nitrogen and oxygen atoms in total. The fraction of sp³-hybridized carbons (Fsp3) is 0.0714. The zero-order chi connectivity index (χ0) is 13.7. The highest BCUT2D eigenvalue weighted by Gasteiger charge is 2.07. The largest absolute Gasteiger partial charge is 0.481 e. The van der Waals surface area contributed by atoms with Gasteiger partial charge in [-0.15, -0.1) is 0 Å². The number of halogens is 1. The van der Waals surface area contributed by atoms with Gasteiger partial charge in [0.25, 0.3) is 5.91 Å². The Bertz CT molecular complexity index is 573. The quantitative estimate of drug-likeness (QED) is 0.830. The molecular weight excluding hydrogens is 247 g/mol. The summed E-state index contributed by atoms with van der Waals surface area (Å²) in [7, 11) is 0. The van der Waals surface area contributed by atoms with Gasteiger partial charge in [-0.1, -0.05) is 18.2 Å². The lowest BCUT2D eigenvalue weighted by molar-refractivity contribution is -0.118. The van der Waals surface area contributed by atoms with Crippen molar-refractivity contribution in [2.24, 2.45) is 0 Å². The third-order valence-electron chi connectivity index (χ3n) is 2.37. The number of hydrogen-bond donors (Lipinski definition) is 2. The van der Waals surface area contributed by atoms with Crippen LogP contribution in [-0.4, -0.2) is 12.5 Å². The maximum atomic E-state index is 13.4. The molecule has 19 heavy (non-hydrogen) atoms. The van der Waals surface area contributed by atoms with Crippen LogP contribution in [0.4, 0.5) is 15.8 Å². The molecule has 0 aromatic heterocycles. The maximum absolute atomic E-state index is 13.4. The molecule has 0 saturated carbocycles. The van der Waals surface area contributed by atoms with Gasteiger partial charge in [-0.2, -0.15) is 0 Å². The van der Waals surface area contributed by atoms with Crippen molar-refractivity contribution in [1.82, 2.24) is 0 Å². The van der Waals surface area contributed by atoms with E-state index in [4.69, 9.17) is 10.5 Å². The molecule has 2 aromatic carbocycles. The first-order chi connectivity index (χ1) is 9.15. The molecular formula is C14H13FN2O2. The highest BCUT2D eigenvalue weighted by molar-refractivity contribution is 5.91. The summed E-state index contributed by atoms with van der Waals surface area (Å²) in [5, 5.41) is 2.63. The standard InChI is InChI=1S/C14H13FN2O2/c15-12-8-10(16)6-7-13(12)19-9-14(18)17-11-4-2-1-3-5-11/h1-8H,9,16H2,(H,17,18). The molecule has 0 aliphatic heterocycles. The van der Waals surface area contributed by atoms with Crippen molar-refractivity contribution in [2.75, 3.05) is 17.7 Å². The van der Waals surface area contributed by atoms with Gasteiger partial charge in [0.15, 0.2) is 18.2 Å². The summed E-state index contributed by atoms with van der Waals surface area (Å²) in [6, 6.07) is 13.0. The molecule has 0 fully saturated rings. The Morgan fingerprint density at radius 1 is 1.21 bits per heavy atom. The molecule has 3 N–H and O–H groups in total. The van der Waals surface area contributed by atoms with E-state index in [0.29, 0.717) is 11.4 Å². The van der Waals surface area contributed by atoms with Crippen LogP contribution in [-0.2, 0) is 4.79 Å². The van der Waals surface area contributed by atoms with Crippen LogP contribution in [0.5, 0.6) is 5.75 Å². The highest BCUT2D eigenvalue weighted by atomic mass is 19.1. The van der Waals surface area contributed by atoms with E-state index < -0.39 is 5.82 Å². The Morgan fingerprint density at radius 3 is 2.63 bits per heavy atom. The second kappa shape index (κ2) is 5.86. The van der Waals surface area contributed by atoms with Gasteiger partial charge in [0.2, 0.25) is 0 Å². The third-order valence-corrected chi connectivity index (χ3v) is 2.37. The molecule has 0 unspecified atom stereocenters. The van der Waals surface area contributed by atoms with Gasteiger partial charge >= 0.3 is 0 Å². The van der Waals surface area contributed by atoms with E-state index >= 15 is 0 Å². The first kappa shape index (κ1) is 12.9. The van der Waals surface area contributed by atoms with Gasteiger partial charge in [0.05, 0.1) is 0 Å². The van der Waals surface area contributed by atoms with Crippen LogP contribution in [0.1, 0.15) is 0 Å². The summed E-state index contributed by atoms with van der Waals surface area (Å²) in [6.07, 6.45) is 0. The Labute approximate surface area is 110 Å². The van der Waals surface area contributed by atoms with E-state index in [9.17, 15) is 9.18 Å². The lowest BCUT2D eigenvalue weighted by Gasteiger charge is -2.08. The monoisotopic (exact) mass is 260 g/mol. The van der Waals surface area contributed by atoms with E-state index in [0.717, 1.165) is 6.07 Å². The minimum absolute atomic E-state index is 0.00240. The summed E-state index contributed by atoms with van der Waals surface area (Å²) in [5.74, 6) is -0.952. The van der Waals surface area contributed by atoms with E-state index in [2.05, 4.69) is 5.32 Å². The number of para-hydroxylation sites is 1. The Balaban J connectivity index is 1.90. The van der Waals surface area contributed by atoms with Gasteiger partial charge < -0.3 is 15.8 Å². The molecule has 0 heterocycles. The smallest absolute Gasteiger partial charge is 0.262 e. The average Bonchev–Trinajstić information content (AvgIpc) is 2.39. The highest BCUT2D eigenvalue weighted by Crippen LogP contribution is 2.19. The maximum Gasteiger partial charge on any atom is 0.262 e. The first-order valence-corrected chi connectivity index (χ1v) is 5.68. The molecule has 2 aromatic rings. The number of carbonyl (C=O) groups is 1. The number of rotatable bonds is 4. The molecule has 1 amide bonds. The summed E-state index contributed by atoms with van der Waals surface area (Å²) >= 11 is 0. The van der Waals surface area contributed by atoms with E-state index in [1.807, 2.05) is 6.07 Å². The van der Waals surface area contributed by atoms with E-state index in [1.54, 1.807) is 24.3 Å². The van der Waals surface area contributed by atoms with Crippen molar-refractivity contribution in [3.63, 3.8) is 0 Å². The first-order valence-electron chi connectivity index (χ1n) is 5.68. The van der Waals surface area contributed by atoms with Crippen LogP contribution < -0.4 is 15.8 Å². The lowest BCUT2D eigenvalue weighted by atomic mass is 10.3. The Morgan fingerprint density at radius 2 is 1.95 bits per heavy atom. The van der Waals surface area contributed by atoms with Crippen molar-refractivity contribution in [3.05, 3.63) is 54.3 Å². The van der Waals surface area contributed by atoms with E-state index in [-0.39, 0.29) is 18.3 Å². The van der Waals surface area contributed by atoms with Crippen LogP contribution in [0, 0.1) is 5.82 Å². The summed E-state index contributed by atoms with van der Waals surface area (Å²) in [5.41, 5.74) is 6.38. The molecule has 0 aliphatic carbocycles. The summed E-state index contributed by atoms with van der Waals surface area (Å²) in [4.78, 5) is 11.6. The van der Waals surface area contributed by atoms with Gasteiger partial charge in [-0.3, -0.25) is 4.79 Å². The molecule has 2 rings (SSSR count). The Hall–Kier alpha value is -2.56. The molecule has 0 aliphatic rings. The van der Waals surface area contributed by atoms with Crippen molar-refractivity contribution >= 4 is 17.3 Å². The number of hydrogen-bond acceptors (Lipinski definition) is 3. The van der Waals surface area contributed by atoms with Crippen molar-refractivity contribution in [3.8, 4) is 5.75 Å². The fourth-order valence-corrected chi connectivity index (χ4v) is 1.50. The molecule has 98 valence electrons. The van der Waals surface area contributed by atoms with Crippen molar-refractivity contribution in [1.29, 1.82) is 0 Å². The number of nitrogen functional groups attached to an aromatic ring is 1. The minimum Gasteiger partial charge on any atom is -0.481 e. The summed E-state index contributed by atoms with van der Waals surface area (Å²) < 4.78 is 18.5. The van der Waals surface area contributed by atoms with Gasteiger partial charge in [0, 0.05) is 17.4 Å². The minimum atomic E-state index is -0.590. The zero-order valence-corrected chi connectivity index (χ0v) is 10.1. The lowest BCUT2D eigenvalue weighted by Crippen LogP contribution is -2.20. The third kappa shape index (κ3) is 3.70. The molecule has 0 spiro atoms. The summed E-state index contributed by atoms with van der Waals surface area (Å²) in [6.45, 7) is -0.268. The topological polar surface area (TPSA) is 64.3 Å². The van der Waals surface area contributed by atoms with Crippen LogP contribution in [0.3, 0.4) is 0 Å². The molecule has 5 heteroatoms. The van der Waals surface area contributed by atoms with Gasteiger partial charge in [-0.25, -0.2) is 4.39 Å². The van der Waals surface area contributed by atoms with Crippen LogP contribution >= 0.6 is 0 Å². The predicted molar refractivity (Wildman–Crippen MR) is 71.4 cm³/mol. The molecule has 0 atom stereocenters. The number of anilines is 2. The number of carbonyl (C=O) groups excluding carboxylic acids is 1. The number of ether oxygens (including phenoxy) is 1. The second-order valence-electron chi connectivity index (χ2n) is 3.89. The molecule has 0 bridgehead atoms. The van der Waals surface area contributed by atoms with Crippen molar-refractivity contribution < 1.29 is 13.9 Å². The fourth-order valence-electron chi connectivity index (χ4n) is 1.50. The SMILES string of the molecule is Nc1ccc(OCC(=O)Nc2ccccc2)c(F)c1. The van der Waals surface area contributed by atoms with Gasteiger partial charge in [0.1, 0.15) is 0 Å². The van der Waals surface area contributed by atoms with Crippen LogP contribution in [0.25, 0.3) is 0 Å².